The van der Waals surface area contributed by atoms with Crippen LogP contribution in [0.15, 0.2) is 30.7 Å². The van der Waals surface area contributed by atoms with E-state index >= 15 is 0 Å². The topological polar surface area (TPSA) is 87.3 Å². The van der Waals surface area contributed by atoms with Crippen molar-refractivity contribution in [1.29, 1.82) is 5.26 Å². The summed E-state index contributed by atoms with van der Waals surface area (Å²) >= 11 is 0. The van der Waals surface area contributed by atoms with Crippen molar-refractivity contribution in [3.63, 3.8) is 0 Å². The lowest BCUT2D eigenvalue weighted by Gasteiger charge is -2.41. The van der Waals surface area contributed by atoms with Crippen LogP contribution in [0.3, 0.4) is 0 Å². The Morgan fingerprint density at radius 3 is 2.66 bits per heavy atom. The summed E-state index contributed by atoms with van der Waals surface area (Å²) < 4.78 is 21.5. The summed E-state index contributed by atoms with van der Waals surface area (Å²) in [6.07, 6.45) is 5.50. The largest absolute Gasteiger partial charge is 0.444 e. The smallest absolute Gasteiger partial charge is 0.410 e. The number of hydrogen-bond donors (Lipinski definition) is 0. The van der Waals surface area contributed by atoms with Gasteiger partial charge in [0.25, 0.3) is 0 Å². The minimum atomic E-state index is -0.540. The van der Waals surface area contributed by atoms with E-state index in [0.29, 0.717) is 31.2 Å². The highest BCUT2D eigenvalue weighted by atomic mass is 19.1. The van der Waals surface area contributed by atoms with E-state index in [-0.39, 0.29) is 17.7 Å². The van der Waals surface area contributed by atoms with Crippen LogP contribution in [0.2, 0.25) is 0 Å². The summed E-state index contributed by atoms with van der Waals surface area (Å²) in [5.41, 5.74) is 2.05. The first-order valence-electron chi connectivity index (χ1n) is 12.0. The molecule has 2 fully saturated rings. The fraction of sp³-hybridized carbons (Fsp3) is 0.462. The van der Waals surface area contributed by atoms with Gasteiger partial charge in [-0.1, -0.05) is 0 Å². The van der Waals surface area contributed by atoms with E-state index in [9.17, 15) is 14.4 Å². The Morgan fingerprint density at radius 1 is 1.23 bits per heavy atom. The van der Waals surface area contributed by atoms with Gasteiger partial charge in [0.05, 0.1) is 10.9 Å². The number of ether oxygens (including phenoxy) is 1. The Balaban J connectivity index is 1.52. The molecule has 0 radical (unpaired) electrons. The molecular weight excluding hydrogens is 447 g/mol. The molecule has 3 aromatic rings. The molecular formula is C26H29FN6O2. The predicted molar refractivity (Wildman–Crippen MR) is 130 cm³/mol. The van der Waals surface area contributed by atoms with Gasteiger partial charge >= 0.3 is 6.09 Å². The third-order valence-electron chi connectivity index (χ3n) is 6.51. The van der Waals surface area contributed by atoms with Gasteiger partial charge in [0.1, 0.15) is 35.3 Å². The van der Waals surface area contributed by atoms with Crippen molar-refractivity contribution in [2.24, 2.45) is 0 Å². The molecule has 3 heterocycles. The highest BCUT2D eigenvalue weighted by molar-refractivity contribution is 5.93. The number of nitrogens with zero attached hydrogens (tertiary/aromatic N) is 6. The molecule has 1 saturated heterocycles. The van der Waals surface area contributed by atoms with Gasteiger partial charge < -0.3 is 19.1 Å². The van der Waals surface area contributed by atoms with Crippen molar-refractivity contribution in [3.05, 3.63) is 47.7 Å². The van der Waals surface area contributed by atoms with Crippen LogP contribution in [0.5, 0.6) is 0 Å². The molecule has 9 heteroatoms. The summed E-state index contributed by atoms with van der Waals surface area (Å²) in [5.74, 6) is 0.731. The van der Waals surface area contributed by atoms with Gasteiger partial charge in [0, 0.05) is 37.6 Å². The van der Waals surface area contributed by atoms with Crippen LogP contribution in [0.4, 0.5) is 15.0 Å². The number of halogens is 1. The molecule has 2 aromatic heterocycles. The standard InChI is InChI=1S/C26H29FN6O2/c1-16-13-31(25(34)35-26(2,3)4)9-10-32(16)23-22-20(17-5-6-17)14-33(24(22)30-15-29-23)19-7-8-21(27)18(11-19)12-28/h7-8,11,14-17H,5-6,9-10,13H2,1-4H3/t16-/m0/s1. The Hall–Kier alpha value is -3.67. The van der Waals surface area contributed by atoms with E-state index in [1.54, 1.807) is 23.4 Å². The summed E-state index contributed by atoms with van der Waals surface area (Å²) in [4.78, 5) is 25.9. The zero-order valence-corrected chi connectivity index (χ0v) is 20.5. The van der Waals surface area contributed by atoms with Gasteiger partial charge in [-0.05, 0) is 70.2 Å². The molecule has 1 saturated carbocycles. The van der Waals surface area contributed by atoms with Gasteiger partial charge in [-0.2, -0.15) is 5.26 Å². The monoisotopic (exact) mass is 476 g/mol. The van der Waals surface area contributed by atoms with Crippen molar-refractivity contribution in [3.8, 4) is 11.8 Å². The summed E-state index contributed by atoms with van der Waals surface area (Å²) in [6.45, 7) is 9.37. The number of amides is 1. The maximum atomic E-state index is 14.0. The first kappa shape index (κ1) is 23.1. The fourth-order valence-electron chi connectivity index (χ4n) is 4.70. The van der Waals surface area contributed by atoms with Crippen molar-refractivity contribution >= 4 is 22.9 Å². The Kier molecular flexibility index (Phi) is 5.62. The second-order valence-electron chi connectivity index (χ2n) is 10.4. The SMILES string of the molecule is C[C@H]1CN(C(=O)OC(C)(C)C)CCN1c1ncnc2c1c(C1CC1)cn2-c1ccc(F)c(C#N)c1. The number of piperazine rings is 1. The van der Waals surface area contributed by atoms with Crippen LogP contribution >= 0.6 is 0 Å². The van der Waals surface area contributed by atoms with E-state index < -0.39 is 11.4 Å². The summed E-state index contributed by atoms with van der Waals surface area (Å²) in [6, 6.07) is 6.48. The average Bonchev–Trinajstić information content (AvgIpc) is 3.58. The van der Waals surface area contributed by atoms with Crippen LogP contribution < -0.4 is 4.90 Å². The molecule has 1 aliphatic heterocycles. The first-order valence-corrected chi connectivity index (χ1v) is 12.0. The maximum Gasteiger partial charge on any atom is 0.410 e. The Labute approximate surface area is 203 Å². The summed E-state index contributed by atoms with van der Waals surface area (Å²) in [7, 11) is 0. The molecule has 2 aliphatic rings. The molecule has 5 rings (SSSR count). The second kappa shape index (κ2) is 8.52. The maximum absolute atomic E-state index is 14.0. The minimum Gasteiger partial charge on any atom is -0.444 e. The van der Waals surface area contributed by atoms with Crippen molar-refractivity contribution < 1.29 is 13.9 Å². The number of benzene rings is 1. The molecule has 1 aliphatic carbocycles. The number of anilines is 1. The average molecular weight is 477 g/mol. The molecule has 1 aromatic carbocycles. The van der Waals surface area contributed by atoms with Gasteiger partial charge in [-0.15, -0.1) is 0 Å². The second-order valence-corrected chi connectivity index (χ2v) is 10.4. The van der Waals surface area contributed by atoms with E-state index in [4.69, 9.17) is 9.72 Å². The van der Waals surface area contributed by atoms with Crippen molar-refractivity contribution in [1.82, 2.24) is 19.4 Å². The van der Waals surface area contributed by atoms with E-state index in [1.165, 1.54) is 11.6 Å². The lowest BCUT2D eigenvalue weighted by Crippen LogP contribution is -2.54. The van der Waals surface area contributed by atoms with Crippen LogP contribution in [-0.4, -0.2) is 56.8 Å². The highest BCUT2D eigenvalue weighted by Crippen LogP contribution is 2.46. The third kappa shape index (κ3) is 4.41. The molecule has 1 atom stereocenters. The molecule has 1 amide bonds. The molecule has 35 heavy (non-hydrogen) atoms. The van der Waals surface area contributed by atoms with Crippen LogP contribution in [0.1, 0.15) is 57.6 Å². The van der Waals surface area contributed by atoms with Gasteiger partial charge in [-0.3, -0.25) is 0 Å². The number of carbonyl (C=O) groups is 1. The van der Waals surface area contributed by atoms with Crippen LogP contribution in [-0.2, 0) is 4.74 Å². The number of nitriles is 1. The van der Waals surface area contributed by atoms with Crippen LogP contribution in [0.25, 0.3) is 16.7 Å². The third-order valence-corrected chi connectivity index (χ3v) is 6.51. The Morgan fingerprint density at radius 2 is 2.00 bits per heavy atom. The zero-order valence-electron chi connectivity index (χ0n) is 20.5. The number of rotatable bonds is 3. The normalized spacial score (nSPS) is 18.6. The molecule has 0 N–H and O–H groups in total. The minimum absolute atomic E-state index is 0.00140. The predicted octanol–water partition coefficient (Wildman–Crippen LogP) is 4.75. The van der Waals surface area contributed by atoms with E-state index in [0.717, 1.165) is 29.7 Å². The van der Waals surface area contributed by atoms with Gasteiger partial charge in [-0.25, -0.2) is 19.2 Å². The van der Waals surface area contributed by atoms with Crippen molar-refractivity contribution in [2.45, 2.75) is 58.1 Å². The number of hydrogen-bond acceptors (Lipinski definition) is 6. The number of fused-ring (bicyclic) bond motifs is 1. The zero-order chi connectivity index (χ0) is 24.9. The van der Waals surface area contributed by atoms with E-state index in [1.807, 2.05) is 31.4 Å². The molecule has 0 unspecified atom stereocenters. The number of carbonyl (C=O) groups excluding carboxylic acids is 1. The molecule has 0 bridgehead atoms. The van der Waals surface area contributed by atoms with Gasteiger partial charge in [0.15, 0.2) is 0 Å². The number of aromatic nitrogens is 3. The lowest BCUT2D eigenvalue weighted by atomic mass is 10.1. The summed E-state index contributed by atoms with van der Waals surface area (Å²) in [5, 5.41) is 10.3. The van der Waals surface area contributed by atoms with E-state index in [2.05, 4.69) is 23.0 Å². The van der Waals surface area contributed by atoms with Crippen molar-refractivity contribution in [2.75, 3.05) is 24.5 Å². The Bertz CT molecular complexity index is 1330. The van der Waals surface area contributed by atoms with Gasteiger partial charge in [0.2, 0.25) is 0 Å². The molecule has 182 valence electrons. The first-order chi connectivity index (χ1) is 16.7. The molecule has 0 spiro atoms. The highest BCUT2D eigenvalue weighted by Gasteiger charge is 2.34. The van der Waals surface area contributed by atoms with Crippen LogP contribution in [0, 0.1) is 17.1 Å². The lowest BCUT2D eigenvalue weighted by molar-refractivity contribution is 0.0218. The fourth-order valence-corrected chi connectivity index (χ4v) is 4.70. The molecule has 8 nitrogen and oxygen atoms in total. The quantitative estimate of drug-likeness (QED) is 0.542.